The van der Waals surface area contributed by atoms with E-state index in [1.54, 1.807) is 6.07 Å². The number of ketones is 1. The summed E-state index contributed by atoms with van der Waals surface area (Å²) in [6, 6.07) is 3.53. The first kappa shape index (κ1) is 12.8. The van der Waals surface area contributed by atoms with E-state index in [-0.39, 0.29) is 11.7 Å². The van der Waals surface area contributed by atoms with Crippen LogP contribution in [0.1, 0.15) is 61.0 Å². The Bertz CT molecular complexity index is 392. The fourth-order valence-electron chi connectivity index (χ4n) is 1.83. The fourth-order valence-corrected chi connectivity index (χ4v) is 1.83. The van der Waals surface area contributed by atoms with Crippen LogP contribution in [0.15, 0.2) is 12.1 Å². The molecule has 0 aliphatic heterocycles. The quantitative estimate of drug-likeness (QED) is 0.783. The molecule has 0 bridgehead atoms. The van der Waals surface area contributed by atoms with Gasteiger partial charge < -0.3 is 5.11 Å². The highest BCUT2D eigenvalue weighted by Crippen LogP contribution is 2.29. The average Bonchev–Trinajstić information content (AvgIpc) is 2.17. The van der Waals surface area contributed by atoms with Gasteiger partial charge in [0.1, 0.15) is 5.75 Å². The summed E-state index contributed by atoms with van der Waals surface area (Å²) in [6.45, 7) is 7.89. The van der Waals surface area contributed by atoms with Crippen molar-refractivity contribution in [3.05, 3.63) is 28.8 Å². The molecule has 1 N–H and O–H groups in total. The number of benzene rings is 1. The number of hydrogen-bond donors (Lipinski definition) is 1. The molecule has 0 saturated carbocycles. The molecule has 88 valence electrons. The lowest BCUT2D eigenvalue weighted by Gasteiger charge is -2.12. The molecule has 0 amide bonds. The minimum Gasteiger partial charge on any atom is -0.508 e. The molecular formula is C14H20O2. The van der Waals surface area contributed by atoms with Gasteiger partial charge in [0.15, 0.2) is 5.78 Å². The Hall–Kier alpha value is -1.31. The van der Waals surface area contributed by atoms with E-state index in [1.807, 2.05) is 33.8 Å². The highest BCUT2D eigenvalue weighted by Gasteiger charge is 2.14. The maximum absolute atomic E-state index is 11.9. The third-order valence-corrected chi connectivity index (χ3v) is 2.77. The zero-order chi connectivity index (χ0) is 12.3. The highest BCUT2D eigenvalue weighted by atomic mass is 16.3. The van der Waals surface area contributed by atoms with Gasteiger partial charge in [0.2, 0.25) is 0 Å². The molecular weight excluding hydrogens is 200 g/mol. The van der Waals surface area contributed by atoms with Crippen LogP contribution in [0.25, 0.3) is 0 Å². The number of carbonyl (C=O) groups is 1. The smallest absolute Gasteiger partial charge is 0.163 e. The Morgan fingerprint density at radius 3 is 2.50 bits per heavy atom. The summed E-state index contributed by atoms with van der Waals surface area (Å²) in [5, 5.41) is 9.79. The third-order valence-electron chi connectivity index (χ3n) is 2.77. The standard InChI is InChI=1S/C14H20O2/c1-5-6-13(15)12-8-11(9(2)3)14(16)7-10(12)4/h7-9,16H,5-6H2,1-4H3. The van der Waals surface area contributed by atoms with Gasteiger partial charge in [0, 0.05) is 12.0 Å². The molecule has 1 rings (SSSR count). The number of aryl methyl sites for hydroxylation is 1. The van der Waals surface area contributed by atoms with Crippen LogP contribution in [0, 0.1) is 6.92 Å². The minimum atomic E-state index is 0.168. The maximum atomic E-state index is 11.9. The largest absolute Gasteiger partial charge is 0.508 e. The molecule has 0 aromatic heterocycles. The highest BCUT2D eigenvalue weighted by molar-refractivity contribution is 5.97. The van der Waals surface area contributed by atoms with Gasteiger partial charge >= 0.3 is 0 Å². The molecule has 0 heterocycles. The summed E-state index contributed by atoms with van der Waals surface area (Å²) in [5.74, 6) is 0.691. The first-order valence-corrected chi connectivity index (χ1v) is 5.84. The predicted octanol–water partition coefficient (Wildman–Crippen LogP) is 3.81. The second kappa shape index (κ2) is 5.15. The van der Waals surface area contributed by atoms with Crippen LogP contribution in [-0.4, -0.2) is 10.9 Å². The summed E-state index contributed by atoms with van der Waals surface area (Å²) in [5.41, 5.74) is 2.47. The normalized spacial score (nSPS) is 10.8. The van der Waals surface area contributed by atoms with Crippen LogP contribution in [-0.2, 0) is 0 Å². The zero-order valence-corrected chi connectivity index (χ0v) is 10.5. The van der Waals surface area contributed by atoms with Crippen LogP contribution < -0.4 is 0 Å². The molecule has 0 atom stereocenters. The van der Waals surface area contributed by atoms with Crippen molar-refractivity contribution < 1.29 is 9.90 Å². The van der Waals surface area contributed by atoms with Gasteiger partial charge in [0.25, 0.3) is 0 Å². The van der Waals surface area contributed by atoms with E-state index in [9.17, 15) is 9.90 Å². The van der Waals surface area contributed by atoms with E-state index in [1.165, 1.54) is 0 Å². The van der Waals surface area contributed by atoms with Crippen molar-refractivity contribution in [3.63, 3.8) is 0 Å². The molecule has 0 saturated heterocycles. The molecule has 2 heteroatoms. The molecule has 0 aliphatic rings. The lowest BCUT2D eigenvalue weighted by molar-refractivity contribution is 0.0981. The van der Waals surface area contributed by atoms with Gasteiger partial charge in [-0.3, -0.25) is 4.79 Å². The SMILES string of the molecule is CCCC(=O)c1cc(C(C)C)c(O)cc1C. The molecule has 1 aromatic carbocycles. The van der Waals surface area contributed by atoms with Gasteiger partial charge in [-0.2, -0.15) is 0 Å². The van der Waals surface area contributed by atoms with Gasteiger partial charge in [-0.05, 0) is 42.5 Å². The molecule has 1 aromatic rings. The minimum absolute atomic E-state index is 0.168. The number of rotatable bonds is 4. The topological polar surface area (TPSA) is 37.3 Å². The Balaban J connectivity index is 3.19. The fraction of sp³-hybridized carbons (Fsp3) is 0.500. The molecule has 0 radical (unpaired) electrons. The van der Waals surface area contributed by atoms with Crippen molar-refractivity contribution in [1.29, 1.82) is 0 Å². The van der Waals surface area contributed by atoms with E-state index in [0.29, 0.717) is 12.2 Å². The zero-order valence-electron chi connectivity index (χ0n) is 10.5. The van der Waals surface area contributed by atoms with Crippen LogP contribution in [0.3, 0.4) is 0 Å². The van der Waals surface area contributed by atoms with Crippen molar-refractivity contribution >= 4 is 5.78 Å². The van der Waals surface area contributed by atoms with E-state index in [2.05, 4.69) is 0 Å². The summed E-state index contributed by atoms with van der Waals surface area (Å²) in [7, 11) is 0. The first-order chi connectivity index (χ1) is 7.47. The molecule has 0 spiro atoms. The summed E-state index contributed by atoms with van der Waals surface area (Å²) >= 11 is 0. The first-order valence-electron chi connectivity index (χ1n) is 5.84. The molecule has 2 nitrogen and oxygen atoms in total. The summed E-state index contributed by atoms with van der Waals surface area (Å²) in [6.07, 6.45) is 1.43. The van der Waals surface area contributed by atoms with Crippen LogP contribution in [0.5, 0.6) is 5.75 Å². The second-order valence-electron chi connectivity index (χ2n) is 4.55. The Morgan fingerprint density at radius 1 is 1.38 bits per heavy atom. The van der Waals surface area contributed by atoms with E-state index >= 15 is 0 Å². The Kier molecular flexibility index (Phi) is 4.11. The molecule has 0 fully saturated rings. The molecule has 16 heavy (non-hydrogen) atoms. The molecule has 0 unspecified atom stereocenters. The van der Waals surface area contributed by atoms with Crippen LogP contribution in [0.2, 0.25) is 0 Å². The van der Waals surface area contributed by atoms with Gasteiger partial charge in [-0.1, -0.05) is 20.8 Å². The van der Waals surface area contributed by atoms with Crippen LogP contribution >= 0.6 is 0 Å². The van der Waals surface area contributed by atoms with Crippen molar-refractivity contribution in [3.8, 4) is 5.75 Å². The number of aromatic hydroxyl groups is 1. The van der Waals surface area contributed by atoms with Crippen molar-refractivity contribution in [2.45, 2.75) is 46.5 Å². The van der Waals surface area contributed by atoms with Gasteiger partial charge in [0.05, 0.1) is 0 Å². The van der Waals surface area contributed by atoms with Crippen molar-refractivity contribution in [2.75, 3.05) is 0 Å². The van der Waals surface area contributed by atoms with Crippen molar-refractivity contribution in [2.24, 2.45) is 0 Å². The maximum Gasteiger partial charge on any atom is 0.163 e. The lowest BCUT2D eigenvalue weighted by atomic mass is 9.93. The number of phenols is 1. The second-order valence-corrected chi connectivity index (χ2v) is 4.55. The summed E-state index contributed by atoms with van der Waals surface area (Å²) in [4.78, 5) is 11.9. The number of Topliss-reactive ketones (excluding diaryl/α,β-unsaturated/α-hetero) is 1. The van der Waals surface area contributed by atoms with Crippen LogP contribution in [0.4, 0.5) is 0 Å². The summed E-state index contributed by atoms with van der Waals surface area (Å²) < 4.78 is 0. The van der Waals surface area contributed by atoms with E-state index < -0.39 is 0 Å². The number of phenolic OH excluding ortho intramolecular Hbond substituents is 1. The monoisotopic (exact) mass is 220 g/mol. The number of carbonyl (C=O) groups excluding carboxylic acids is 1. The number of hydrogen-bond acceptors (Lipinski definition) is 2. The average molecular weight is 220 g/mol. The van der Waals surface area contributed by atoms with E-state index in [4.69, 9.17) is 0 Å². The lowest BCUT2D eigenvalue weighted by Crippen LogP contribution is -2.03. The van der Waals surface area contributed by atoms with E-state index in [0.717, 1.165) is 23.1 Å². The molecule has 0 aliphatic carbocycles. The van der Waals surface area contributed by atoms with Gasteiger partial charge in [-0.25, -0.2) is 0 Å². The third kappa shape index (κ3) is 2.63. The Labute approximate surface area is 97.3 Å². The Morgan fingerprint density at radius 2 is 2.00 bits per heavy atom. The van der Waals surface area contributed by atoms with Gasteiger partial charge in [-0.15, -0.1) is 0 Å². The predicted molar refractivity (Wildman–Crippen MR) is 66.2 cm³/mol. The van der Waals surface area contributed by atoms with Crippen molar-refractivity contribution in [1.82, 2.24) is 0 Å².